The van der Waals surface area contributed by atoms with Crippen LogP contribution in [0, 0.1) is 0 Å². The summed E-state index contributed by atoms with van der Waals surface area (Å²) in [5.74, 6) is 1.68. The Morgan fingerprint density at radius 3 is 2.29 bits per heavy atom. The minimum atomic E-state index is 0. The first-order chi connectivity index (χ1) is 13.2. The van der Waals surface area contributed by atoms with Crippen molar-refractivity contribution in [3.05, 3.63) is 60.1 Å². The van der Waals surface area contributed by atoms with Crippen molar-refractivity contribution >= 4 is 29.9 Å². The van der Waals surface area contributed by atoms with Crippen LogP contribution >= 0.6 is 24.0 Å². The Balaban J connectivity index is 0.00000392. The van der Waals surface area contributed by atoms with Crippen LogP contribution in [0.5, 0.6) is 0 Å². The third kappa shape index (κ3) is 7.10. The van der Waals surface area contributed by atoms with Crippen LogP contribution in [-0.2, 0) is 0 Å². The average Bonchev–Trinajstić information content (AvgIpc) is 3.25. The van der Waals surface area contributed by atoms with Gasteiger partial charge >= 0.3 is 0 Å². The van der Waals surface area contributed by atoms with Crippen LogP contribution in [0.4, 0.5) is 0 Å². The highest BCUT2D eigenvalue weighted by atomic mass is 127. The maximum absolute atomic E-state index is 9.73. The summed E-state index contributed by atoms with van der Waals surface area (Å²) in [5.41, 5.74) is 1.11. The van der Waals surface area contributed by atoms with Crippen LogP contribution in [-0.4, -0.2) is 55.8 Å². The van der Waals surface area contributed by atoms with E-state index in [9.17, 15) is 5.11 Å². The summed E-state index contributed by atoms with van der Waals surface area (Å²) >= 11 is 0. The molecule has 0 saturated heterocycles. The highest BCUT2D eigenvalue weighted by Gasteiger charge is 2.21. The molecule has 0 aliphatic rings. The molecule has 2 unspecified atom stereocenters. The molecule has 0 radical (unpaired) electrons. The number of furan rings is 1. The first-order valence-corrected chi connectivity index (χ1v) is 9.61. The largest absolute Gasteiger partial charge is 0.468 e. The molecule has 0 amide bonds. The molecule has 156 valence electrons. The van der Waals surface area contributed by atoms with Crippen LogP contribution in [0.2, 0.25) is 0 Å². The Morgan fingerprint density at radius 2 is 1.75 bits per heavy atom. The zero-order valence-electron chi connectivity index (χ0n) is 17.0. The molecule has 2 rings (SSSR count). The summed E-state index contributed by atoms with van der Waals surface area (Å²) in [4.78, 5) is 6.66. The summed E-state index contributed by atoms with van der Waals surface area (Å²) in [6.45, 7) is 7.56. The summed E-state index contributed by atoms with van der Waals surface area (Å²) in [6, 6.07) is 14.1. The molecule has 3 N–H and O–H groups in total. The number of halogens is 1. The lowest BCUT2D eigenvalue weighted by Crippen LogP contribution is -2.44. The van der Waals surface area contributed by atoms with E-state index in [1.807, 2.05) is 42.5 Å². The fourth-order valence-corrected chi connectivity index (χ4v) is 3.20. The lowest BCUT2D eigenvalue weighted by Gasteiger charge is -2.29. The molecular formula is C21H33IN4O2. The number of benzene rings is 1. The van der Waals surface area contributed by atoms with Crippen molar-refractivity contribution in [1.82, 2.24) is 15.5 Å². The van der Waals surface area contributed by atoms with Gasteiger partial charge in [0, 0.05) is 26.1 Å². The molecule has 0 fully saturated rings. The number of nitrogens with one attached hydrogen (secondary N) is 2. The number of aliphatic hydroxyl groups excluding tert-OH is 1. The van der Waals surface area contributed by atoms with Crippen molar-refractivity contribution in [2.24, 2.45) is 4.99 Å². The standard InChI is InChI=1S/C21H32N4O2.HI/c1-4-25(5-2)19(20-12-9-13-27-20)15-24-21(22-3)23-14-18(16-26)17-10-7-6-8-11-17;/h6-13,18-19,26H,4-5,14-16H2,1-3H3,(H2,22,23,24);1H. The second kappa shape index (κ2) is 13.6. The molecule has 0 saturated carbocycles. The van der Waals surface area contributed by atoms with E-state index in [0.717, 1.165) is 24.4 Å². The molecule has 0 bridgehead atoms. The molecule has 0 spiro atoms. The zero-order valence-corrected chi connectivity index (χ0v) is 19.3. The lowest BCUT2D eigenvalue weighted by atomic mass is 10.0. The van der Waals surface area contributed by atoms with Crippen LogP contribution in [0.15, 0.2) is 58.1 Å². The van der Waals surface area contributed by atoms with Gasteiger partial charge in [0.15, 0.2) is 5.96 Å². The first kappa shape index (κ1) is 24.5. The van der Waals surface area contributed by atoms with Crippen LogP contribution in [0.25, 0.3) is 0 Å². The van der Waals surface area contributed by atoms with Gasteiger partial charge in [-0.15, -0.1) is 24.0 Å². The fourth-order valence-electron chi connectivity index (χ4n) is 3.20. The number of aliphatic hydroxyl groups is 1. The minimum absolute atomic E-state index is 0. The molecule has 1 aromatic heterocycles. The first-order valence-electron chi connectivity index (χ1n) is 9.61. The van der Waals surface area contributed by atoms with Gasteiger partial charge in [0.1, 0.15) is 5.76 Å². The van der Waals surface area contributed by atoms with E-state index in [2.05, 4.69) is 34.4 Å². The van der Waals surface area contributed by atoms with Crippen molar-refractivity contribution in [3.63, 3.8) is 0 Å². The molecule has 2 aromatic rings. The summed E-state index contributed by atoms with van der Waals surface area (Å²) < 4.78 is 5.64. The van der Waals surface area contributed by atoms with E-state index in [1.54, 1.807) is 13.3 Å². The van der Waals surface area contributed by atoms with Gasteiger partial charge in [0.05, 0.1) is 18.9 Å². The van der Waals surface area contributed by atoms with Crippen molar-refractivity contribution < 1.29 is 9.52 Å². The molecule has 0 aliphatic carbocycles. The average molecular weight is 500 g/mol. The summed E-state index contributed by atoms with van der Waals surface area (Å²) in [7, 11) is 1.76. The van der Waals surface area contributed by atoms with Crippen molar-refractivity contribution in [1.29, 1.82) is 0 Å². The SMILES string of the molecule is CCN(CC)C(CNC(=NC)NCC(CO)c1ccccc1)c1ccco1.I. The number of rotatable bonds is 10. The van der Waals surface area contributed by atoms with Gasteiger partial charge in [-0.1, -0.05) is 44.2 Å². The Kier molecular flexibility index (Phi) is 11.9. The Morgan fingerprint density at radius 1 is 1.07 bits per heavy atom. The predicted octanol–water partition coefficient (Wildman–Crippen LogP) is 3.22. The fraction of sp³-hybridized carbons (Fsp3) is 0.476. The van der Waals surface area contributed by atoms with E-state index < -0.39 is 0 Å². The zero-order chi connectivity index (χ0) is 19.5. The number of nitrogens with zero attached hydrogens (tertiary/aromatic N) is 2. The third-order valence-corrected chi connectivity index (χ3v) is 4.82. The van der Waals surface area contributed by atoms with Crippen molar-refractivity contribution in [2.75, 3.05) is 39.8 Å². The number of likely N-dealkylation sites (N-methyl/N-ethyl adjacent to an activating group) is 1. The maximum atomic E-state index is 9.73. The van der Waals surface area contributed by atoms with Crippen LogP contribution < -0.4 is 10.6 Å². The molecule has 28 heavy (non-hydrogen) atoms. The molecule has 6 nitrogen and oxygen atoms in total. The molecule has 1 aromatic carbocycles. The molecule has 1 heterocycles. The van der Waals surface area contributed by atoms with Crippen molar-refractivity contribution in [3.8, 4) is 0 Å². The number of hydrogen-bond acceptors (Lipinski definition) is 4. The van der Waals surface area contributed by atoms with Crippen molar-refractivity contribution in [2.45, 2.75) is 25.8 Å². The second-order valence-corrected chi connectivity index (χ2v) is 6.38. The van der Waals surface area contributed by atoms with Crippen LogP contribution in [0.3, 0.4) is 0 Å². The molecule has 0 aliphatic heterocycles. The van der Waals surface area contributed by atoms with E-state index in [0.29, 0.717) is 19.0 Å². The molecule has 2 atom stereocenters. The molecule has 7 heteroatoms. The number of guanidine groups is 1. The minimum Gasteiger partial charge on any atom is -0.468 e. The monoisotopic (exact) mass is 500 g/mol. The summed E-state index contributed by atoms with van der Waals surface area (Å²) in [6.07, 6.45) is 1.71. The Bertz CT molecular complexity index is 660. The van der Waals surface area contributed by atoms with Gasteiger partial charge < -0.3 is 20.2 Å². The number of hydrogen-bond donors (Lipinski definition) is 3. The predicted molar refractivity (Wildman–Crippen MR) is 125 cm³/mol. The molecular weight excluding hydrogens is 467 g/mol. The Hall–Kier alpha value is -1.58. The van der Waals surface area contributed by atoms with Crippen LogP contribution in [0.1, 0.15) is 37.1 Å². The van der Waals surface area contributed by atoms with Gasteiger partial charge in [-0.2, -0.15) is 0 Å². The second-order valence-electron chi connectivity index (χ2n) is 6.38. The maximum Gasteiger partial charge on any atom is 0.191 e. The van der Waals surface area contributed by atoms with E-state index >= 15 is 0 Å². The van der Waals surface area contributed by atoms with E-state index in [-0.39, 0.29) is 42.5 Å². The lowest BCUT2D eigenvalue weighted by molar-refractivity contribution is 0.193. The van der Waals surface area contributed by atoms with Gasteiger partial charge in [-0.25, -0.2) is 0 Å². The number of aliphatic imine (C=N–C) groups is 1. The van der Waals surface area contributed by atoms with Gasteiger partial charge in [0.2, 0.25) is 0 Å². The van der Waals surface area contributed by atoms with Gasteiger partial charge in [-0.05, 0) is 30.8 Å². The normalized spacial score (nSPS) is 13.7. The Labute approximate surface area is 185 Å². The topological polar surface area (TPSA) is 73.0 Å². The third-order valence-electron chi connectivity index (χ3n) is 4.82. The van der Waals surface area contributed by atoms with Gasteiger partial charge in [0.25, 0.3) is 0 Å². The summed E-state index contributed by atoms with van der Waals surface area (Å²) in [5, 5.41) is 16.4. The van der Waals surface area contributed by atoms with E-state index in [4.69, 9.17) is 4.42 Å². The quantitative estimate of drug-likeness (QED) is 0.266. The van der Waals surface area contributed by atoms with E-state index in [1.165, 1.54) is 0 Å². The highest BCUT2D eigenvalue weighted by molar-refractivity contribution is 14.0. The van der Waals surface area contributed by atoms with Gasteiger partial charge in [-0.3, -0.25) is 9.89 Å². The smallest absolute Gasteiger partial charge is 0.191 e. The highest BCUT2D eigenvalue weighted by Crippen LogP contribution is 2.20.